The van der Waals surface area contributed by atoms with Crippen molar-refractivity contribution in [1.82, 2.24) is 10.3 Å². The van der Waals surface area contributed by atoms with Gasteiger partial charge in [-0.3, -0.25) is 9.78 Å². The van der Waals surface area contributed by atoms with Crippen LogP contribution in [0, 0.1) is 5.82 Å². The molecule has 0 bridgehead atoms. The van der Waals surface area contributed by atoms with Crippen LogP contribution in [-0.4, -0.2) is 18.0 Å². The normalized spacial score (nSPS) is 10.9. The summed E-state index contributed by atoms with van der Waals surface area (Å²) in [5.41, 5.74) is 1.80. The first-order valence-corrected chi connectivity index (χ1v) is 8.54. The van der Waals surface area contributed by atoms with Crippen molar-refractivity contribution in [2.24, 2.45) is 0 Å². The summed E-state index contributed by atoms with van der Waals surface area (Å²) in [4.78, 5) is 17.2. The Morgan fingerprint density at radius 3 is 2.70 bits per heavy atom. The van der Waals surface area contributed by atoms with Gasteiger partial charge in [0, 0.05) is 18.1 Å². The van der Waals surface area contributed by atoms with Gasteiger partial charge in [-0.2, -0.15) is 0 Å². The van der Waals surface area contributed by atoms with E-state index in [1.54, 1.807) is 18.3 Å². The Kier molecular flexibility index (Phi) is 4.42. The van der Waals surface area contributed by atoms with Crippen molar-refractivity contribution in [3.63, 3.8) is 0 Å². The minimum atomic E-state index is -0.456. The van der Waals surface area contributed by atoms with E-state index in [0.29, 0.717) is 16.6 Å². The molecule has 1 amide bonds. The molecule has 1 aromatic heterocycles. The average Bonchev–Trinajstić information content (AvgIpc) is 2.71. The molecule has 4 nitrogen and oxygen atoms in total. The van der Waals surface area contributed by atoms with Gasteiger partial charge in [-0.25, -0.2) is 4.39 Å². The molecule has 1 heterocycles. The minimum Gasteiger partial charge on any atom is -0.494 e. The van der Waals surface area contributed by atoms with Crippen LogP contribution in [0.15, 0.2) is 66.9 Å². The van der Waals surface area contributed by atoms with Crippen LogP contribution in [0.4, 0.5) is 4.39 Å². The highest BCUT2D eigenvalue weighted by Crippen LogP contribution is 2.27. The standard InChI is InChI=1S/C22H17FN2O2/c1-27-20-9-8-14(11-19(20)23)13-25-22(26)18-12-15-5-2-3-6-16(15)17-7-4-10-24-21(17)18/h2-12H,13H2,1H3,(H,25,26). The average molecular weight is 360 g/mol. The third kappa shape index (κ3) is 3.19. The number of nitrogens with one attached hydrogen (secondary N) is 1. The van der Waals surface area contributed by atoms with Crippen molar-refractivity contribution in [1.29, 1.82) is 0 Å². The van der Waals surface area contributed by atoms with Gasteiger partial charge in [0.25, 0.3) is 5.91 Å². The molecule has 27 heavy (non-hydrogen) atoms. The molecule has 0 spiro atoms. The third-order valence-corrected chi connectivity index (χ3v) is 4.53. The van der Waals surface area contributed by atoms with Gasteiger partial charge in [-0.1, -0.05) is 36.4 Å². The Hall–Kier alpha value is -3.47. The second kappa shape index (κ2) is 7.03. The van der Waals surface area contributed by atoms with Gasteiger partial charge in [0.1, 0.15) is 0 Å². The summed E-state index contributed by atoms with van der Waals surface area (Å²) in [6.07, 6.45) is 1.67. The van der Waals surface area contributed by atoms with E-state index in [1.165, 1.54) is 13.2 Å². The Balaban J connectivity index is 1.67. The van der Waals surface area contributed by atoms with Crippen LogP contribution in [-0.2, 0) is 6.54 Å². The molecule has 0 saturated heterocycles. The topological polar surface area (TPSA) is 51.2 Å². The number of hydrogen-bond donors (Lipinski definition) is 1. The van der Waals surface area contributed by atoms with E-state index in [-0.39, 0.29) is 18.2 Å². The highest BCUT2D eigenvalue weighted by Gasteiger charge is 2.14. The molecule has 5 heteroatoms. The lowest BCUT2D eigenvalue weighted by atomic mass is 10.0. The Labute approximate surface area is 155 Å². The molecule has 0 unspecified atom stereocenters. The van der Waals surface area contributed by atoms with Crippen molar-refractivity contribution in [2.45, 2.75) is 6.54 Å². The molecule has 0 aliphatic heterocycles. The summed E-state index contributed by atoms with van der Waals surface area (Å²) in [6, 6.07) is 18.2. The van der Waals surface area contributed by atoms with Crippen LogP contribution in [0.25, 0.3) is 21.7 Å². The number of benzene rings is 3. The summed E-state index contributed by atoms with van der Waals surface area (Å²) >= 11 is 0. The zero-order chi connectivity index (χ0) is 18.8. The van der Waals surface area contributed by atoms with Crippen molar-refractivity contribution < 1.29 is 13.9 Å². The SMILES string of the molecule is COc1ccc(CNC(=O)c2cc3ccccc3c3cccnc23)cc1F. The molecule has 0 atom stereocenters. The van der Waals surface area contributed by atoms with Crippen LogP contribution in [0.2, 0.25) is 0 Å². The third-order valence-electron chi connectivity index (χ3n) is 4.53. The molecule has 4 aromatic rings. The first-order chi connectivity index (χ1) is 13.2. The number of hydrogen-bond acceptors (Lipinski definition) is 3. The van der Waals surface area contributed by atoms with E-state index in [2.05, 4.69) is 10.3 Å². The van der Waals surface area contributed by atoms with Gasteiger partial charge < -0.3 is 10.1 Å². The molecule has 0 aliphatic carbocycles. The summed E-state index contributed by atoms with van der Waals surface area (Å²) in [5.74, 6) is -0.530. The molecule has 0 radical (unpaired) electrons. The summed E-state index contributed by atoms with van der Waals surface area (Å²) in [6.45, 7) is 0.209. The van der Waals surface area contributed by atoms with Crippen molar-refractivity contribution >= 4 is 27.6 Å². The lowest BCUT2D eigenvalue weighted by molar-refractivity contribution is 0.0952. The maximum absolute atomic E-state index is 13.8. The molecular weight excluding hydrogens is 343 g/mol. The Morgan fingerprint density at radius 2 is 1.89 bits per heavy atom. The van der Waals surface area contributed by atoms with Gasteiger partial charge in [0.15, 0.2) is 11.6 Å². The van der Waals surface area contributed by atoms with Crippen LogP contribution in [0.1, 0.15) is 15.9 Å². The smallest absolute Gasteiger partial charge is 0.253 e. The fourth-order valence-corrected chi connectivity index (χ4v) is 3.20. The fourth-order valence-electron chi connectivity index (χ4n) is 3.20. The highest BCUT2D eigenvalue weighted by molar-refractivity contribution is 6.15. The van der Waals surface area contributed by atoms with E-state index in [4.69, 9.17) is 4.74 Å². The number of carbonyl (C=O) groups is 1. The van der Waals surface area contributed by atoms with Gasteiger partial charge in [0.05, 0.1) is 18.2 Å². The second-order valence-corrected chi connectivity index (χ2v) is 6.20. The first-order valence-electron chi connectivity index (χ1n) is 8.54. The Bertz CT molecular complexity index is 1160. The highest BCUT2D eigenvalue weighted by atomic mass is 19.1. The van der Waals surface area contributed by atoms with E-state index in [9.17, 15) is 9.18 Å². The number of amides is 1. The first kappa shape index (κ1) is 17.0. The van der Waals surface area contributed by atoms with Crippen molar-refractivity contribution in [3.05, 3.63) is 83.8 Å². The van der Waals surface area contributed by atoms with Crippen LogP contribution >= 0.6 is 0 Å². The molecule has 0 aliphatic rings. The minimum absolute atomic E-state index is 0.176. The zero-order valence-electron chi connectivity index (χ0n) is 14.7. The monoisotopic (exact) mass is 360 g/mol. The number of aromatic nitrogens is 1. The molecule has 134 valence electrons. The number of fused-ring (bicyclic) bond motifs is 3. The van der Waals surface area contributed by atoms with Gasteiger partial charge in [-0.15, -0.1) is 0 Å². The quantitative estimate of drug-likeness (QED) is 0.547. The molecular formula is C22H17FN2O2. The largest absolute Gasteiger partial charge is 0.494 e. The molecule has 0 saturated carbocycles. The molecule has 0 fully saturated rings. The number of nitrogens with zero attached hydrogens (tertiary/aromatic N) is 1. The zero-order valence-corrected chi connectivity index (χ0v) is 14.7. The second-order valence-electron chi connectivity index (χ2n) is 6.20. The number of pyridine rings is 1. The predicted molar refractivity (Wildman–Crippen MR) is 103 cm³/mol. The van der Waals surface area contributed by atoms with E-state index in [1.807, 2.05) is 42.5 Å². The van der Waals surface area contributed by atoms with Crippen molar-refractivity contribution in [3.8, 4) is 5.75 Å². The predicted octanol–water partition coefficient (Wildman–Crippen LogP) is 4.47. The number of rotatable bonds is 4. The number of halogens is 1. The molecule has 3 aromatic carbocycles. The number of ether oxygens (including phenoxy) is 1. The number of methoxy groups -OCH3 is 1. The van der Waals surface area contributed by atoms with Gasteiger partial charge >= 0.3 is 0 Å². The lowest BCUT2D eigenvalue weighted by Crippen LogP contribution is -2.23. The molecule has 1 N–H and O–H groups in total. The van der Waals surface area contributed by atoms with E-state index >= 15 is 0 Å². The van der Waals surface area contributed by atoms with Crippen LogP contribution in [0.5, 0.6) is 5.75 Å². The van der Waals surface area contributed by atoms with Crippen LogP contribution in [0.3, 0.4) is 0 Å². The maximum Gasteiger partial charge on any atom is 0.253 e. The fraction of sp³-hybridized carbons (Fsp3) is 0.0909. The number of carbonyl (C=O) groups excluding carboxylic acids is 1. The summed E-state index contributed by atoms with van der Waals surface area (Å²) in [5, 5.41) is 5.80. The van der Waals surface area contributed by atoms with Crippen LogP contribution < -0.4 is 10.1 Å². The van der Waals surface area contributed by atoms with Crippen molar-refractivity contribution in [2.75, 3.05) is 7.11 Å². The van der Waals surface area contributed by atoms with Gasteiger partial charge in [0.2, 0.25) is 0 Å². The summed E-state index contributed by atoms with van der Waals surface area (Å²) in [7, 11) is 1.41. The maximum atomic E-state index is 13.8. The summed E-state index contributed by atoms with van der Waals surface area (Å²) < 4.78 is 18.7. The van der Waals surface area contributed by atoms with E-state index < -0.39 is 5.82 Å². The molecule has 4 rings (SSSR count). The lowest BCUT2D eigenvalue weighted by Gasteiger charge is -2.11. The van der Waals surface area contributed by atoms with Gasteiger partial charge in [-0.05, 0) is 40.6 Å². The van der Waals surface area contributed by atoms with E-state index in [0.717, 1.165) is 16.2 Å². The Morgan fingerprint density at radius 1 is 1.07 bits per heavy atom.